The normalized spacial score (nSPS) is 21.4. The Morgan fingerprint density at radius 3 is 2.80 bits per heavy atom. The fourth-order valence-electron chi connectivity index (χ4n) is 1.91. The summed E-state index contributed by atoms with van der Waals surface area (Å²) in [5, 5.41) is 22.3. The number of carboxylic acid groups (broad SMARTS) is 1. The maximum atomic E-state index is 11.5. The number of nitrogens with one attached hydrogen (secondary N) is 2. The van der Waals surface area contributed by atoms with Gasteiger partial charge in [-0.05, 0) is 19.1 Å². The van der Waals surface area contributed by atoms with Gasteiger partial charge in [0.25, 0.3) is 5.91 Å². The van der Waals surface area contributed by atoms with Gasteiger partial charge in [-0.3, -0.25) is 9.59 Å². The van der Waals surface area contributed by atoms with E-state index < -0.39 is 11.9 Å². The van der Waals surface area contributed by atoms with Crippen molar-refractivity contribution in [2.75, 3.05) is 25.1 Å². The van der Waals surface area contributed by atoms with Gasteiger partial charge in [-0.1, -0.05) is 0 Å². The molecule has 0 aliphatic carbocycles. The Kier molecular flexibility index (Phi) is 4.46. The lowest BCUT2D eigenvalue weighted by Gasteiger charge is -2.15. The molecular weight excluding hydrogens is 264 g/mol. The van der Waals surface area contributed by atoms with E-state index in [1.165, 1.54) is 6.07 Å². The number of rotatable bonds is 5. The van der Waals surface area contributed by atoms with Gasteiger partial charge in [0.05, 0.1) is 19.3 Å². The number of aliphatic carboxylic acids is 1. The van der Waals surface area contributed by atoms with E-state index in [2.05, 4.69) is 20.8 Å². The highest BCUT2D eigenvalue weighted by Crippen LogP contribution is 2.17. The van der Waals surface area contributed by atoms with Crippen LogP contribution in [0.4, 0.5) is 5.82 Å². The number of carbonyl (C=O) groups excluding carboxylic acids is 1. The van der Waals surface area contributed by atoms with Crippen molar-refractivity contribution in [2.45, 2.75) is 13.0 Å². The summed E-state index contributed by atoms with van der Waals surface area (Å²) in [4.78, 5) is 22.5. The molecule has 2 rings (SSSR count). The molecule has 3 N–H and O–H groups in total. The van der Waals surface area contributed by atoms with Crippen LogP contribution in [0.25, 0.3) is 0 Å². The lowest BCUT2D eigenvalue weighted by molar-refractivity contribution is -0.141. The number of carbonyl (C=O) groups is 2. The van der Waals surface area contributed by atoms with E-state index >= 15 is 0 Å². The Morgan fingerprint density at radius 1 is 1.40 bits per heavy atom. The summed E-state index contributed by atoms with van der Waals surface area (Å²) in [5.41, 5.74) is 0.217. The molecule has 1 saturated heterocycles. The summed E-state index contributed by atoms with van der Waals surface area (Å²) in [7, 11) is 0. The van der Waals surface area contributed by atoms with Crippen LogP contribution in [-0.2, 0) is 9.53 Å². The monoisotopic (exact) mass is 280 g/mol. The lowest BCUT2D eigenvalue weighted by Crippen LogP contribution is -2.33. The molecule has 8 nitrogen and oxygen atoms in total. The second-order valence-electron chi connectivity index (χ2n) is 4.40. The first-order valence-corrected chi connectivity index (χ1v) is 6.30. The largest absolute Gasteiger partial charge is 0.481 e. The SMILES string of the molecule is CCNC(=O)c1ccc(NC2COCC2C(=O)O)nn1. The Hall–Kier alpha value is -2.22. The van der Waals surface area contributed by atoms with Gasteiger partial charge in [0.1, 0.15) is 11.7 Å². The second-order valence-corrected chi connectivity index (χ2v) is 4.40. The van der Waals surface area contributed by atoms with Gasteiger partial charge in [-0.2, -0.15) is 0 Å². The third-order valence-corrected chi connectivity index (χ3v) is 2.97. The van der Waals surface area contributed by atoms with E-state index in [1.807, 2.05) is 6.92 Å². The molecule has 0 spiro atoms. The van der Waals surface area contributed by atoms with Crippen molar-refractivity contribution in [1.82, 2.24) is 15.5 Å². The lowest BCUT2D eigenvalue weighted by atomic mass is 10.0. The van der Waals surface area contributed by atoms with Crippen LogP contribution in [0.5, 0.6) is 0 Å². The quantitative estimate of drug-likeness (QED) is 0.680. The van der Waals surface area contributed by atoms with Crippen molar-refractivity contribution in [3.05, 3.63) is 17.8 Å². The molecule has 1 aliphatic heterocycles. The molecule has 2 unspecified atom stereocenters. The van der Waals surface area contributed by atoms with E-state index in [1.54, 1.807) is 6.07 Å². The van der Waals surface area contributed by atoms with Crippen molar-refractivity contribution in [2.24, 2.45) is 5.92 Å². The molecule has 1 aromatic rings. The maximum absolute atomic E-state index is 11.5. The third kappa shape index (κ3) is 3.21. The standard InChI is InChI=1S/C12H16N4O4/c1-2-13-11(17)8-3-4-10(16-15-8)14-9-6-20-5-7(9)12(18)19/h3-4,7,9H,2,5-6H2,1H3,(H,13,17)(H,14,16)(H,18,19). The zero-order valence-corrected chi connectivity index (χ0v) is 11.0. The molecule has 1 fully saturated rings. The van der Waals surface area contributed by atoms with Gasteiger partial charge in [-0.15, -0.1) is 10.2 Å². The molecule has 0 bridgehead atoms. The number of anilines is 1. The second kappa shape index (κ2) is 6.29. The Bertz CT molecular complexity index is 491. The van der Waals surface area contributed by atoms with Crippen molar-refractivity contribution < 1.29 is 19.4 Å². The first kappa shape index (κ1) is 14.2. The van der Waals surface area contributed by atoms with Crippen LogP contribution >= 0.6 is 0 Å². The molecule has 1 aliphatic rings. The molecule has 2 heterocycles. The number of hydrogen-bond donors (Lipinski definition) is 3. The minimum atomic E-state index is -0.910. The number of aromatic nitrogens is 2. The van der Waals surface area contributed by atoms with Crippen molar-refractivity contribution >= 4 is 17.7 Å². The summed E-state index contributed by atoms with van der Waals surface area (Å²) < 4.78 is 5.14. The van der Waals surface area contributed by atoms with Crippen LogP contribution in [0.2, 0.25) is 0 Å². The highest BCUT2D eigenvalue weighted by Gasteiger charge is 2.34. The smallest absolute Gasteiger partial charge is 0.311 e. The first-order chi connectivity index (χ1) is 9.61. The zero-order chi connectivity index (χ0) is 14.5. The number of ether oxygens (including phenoxy) is 1. The average molecular weight is 280 g/mol. The topological polar surface area (TPSA) is 113 Å². The Balaban J connectivity index is 2.00. The van der Waals surface area contributed by atoms with Crippen LogP contribution in [0.3, 0.4) is 0 Å². The Morgan fingerprint density at radius 2 is 2.20 bits per heavy atom. The molecule has 20 heavy (non-hydrogen) atoms. The molecule has 0 radical (unpaired) electrons. The van der Waals surface area contributed by atoms with Crippen molar-refractivity contribution in [3.63, 3.8) is 0 Å². The molecule has 0 aromatic carbocycles. The fourth-order valence-corrected chi connectivity index (χ4v) is 1.91. The predicted molar refractivity (Wildman–Crippen MR) is 69.4 cm³/mol. The minimum absolute atomic E-state index is 0.178. The van der Waals surface area contributed by atoms with Crippen LogP contribution in [0.1, 0.15) is 17.4 Å². The number of hydrogen-bond acceptors (Lipinski definition) is 6. The molecule has 1 amide bonds. The average Bonchev–Trinajstić information content (AvgIpc) is 2.88. The third-order valence-electron chi connectivity index (χ3n) is 2.97. The van der Waals surface area contributed by atoms with Crippen molar-refractivity contribution in [1.29, 1.82) is 0 Å². The fraction of sp³-hybridized carbons (Fsp3) is 0.500. The van der Waals surface area contributed by atoms with Crippen LogP contribution < -0.4 is 10.6 Å². The summed E-state index contributed by atoms with van der Waals surface area (Å²) in [6, 6.07) is 2.78. The number of carboxylic acids is 1. The number of nitrogens with zero attached hydrogens (tertiary/aromatic N) is 2. The number of amides is 1. The van der Waals surface area contributed by atoms with E-state index in [9.17, 15) is 9.59 Å². The summed E-state index contributed by atoms with van der Waals surface area (Å²) >= 11 is 0. The molecule has 2 atom stereocenters. The van der Waals surface area contributed by atoms with E-state index in [0.29, 0.717) is 19.0 Å². The van der Waals surface area contributed by atoms with Gasteiger partial charge in [0.15, 0.2) is 5.69 Å². The van der Waals surface area contributed by atoms with Gasteiger partial charge < -0.3 is 20.5 Å². The Labute approximate surface area is 115 Å². The van der Waals surface area contributed by atoms with Crippen LogP contribution in [0.15, 0.2) is 12.1 Å². The first-order valence-electron chi connectivity index (χ1n) is 6.30. The zero-order valence-electron chi connectivity index (χ0n) is 11.0. The molecule has 108 valence electrons. The predicted octanol–water partition coefficient (Wildman–Crippen LogP) is -0.262. The van der Waals surface area contributed by atoms with Gasteiger partial charge in [0, 0.05) is 6.54 Å². The molecule has 1 aromatic heterocycles. The van der Waals surface area contributed by atoms with Crippen LogP contribution in [0, 0.1) is 5.92 Å². The van der Waals surface area contributed by atoms with E-state index in [0.717, 1.165) is 0 Å². The van der Waals surface area contributed by atoms with Crippen molar-refractivity contribution in [3.8, 4) is 0 Å². The molecule has 0 saturated carbocycles. The van der Waals surface area contributed by atoms with Gasteiger partial charge in [0.2, 0.25) is 0 Å². The maximum Gasteiger partial charge on any atom is 0.311 e. The van der Waals surface area contributed by atoms with Gasteiger partial charge >= 0.3 is 5.97 Å². The highest BCUT2D eigenvalue weighted by atomic mass is 16.5. The van der Waals surface area contributed by atoms with E-state index in [-0.39, 0.29) is 24.2 Å². The minimum Gasteiger partial charge on any atom is -0.481 e. The van der Waals surface area contributed by atoms with E-state index in [4.69, 9.17) is 9.84 Å². The van der Waals surface area contributed by atoms with Crippen LogP contribution in [-0.4, -0.2) is 53.0 Å². The summed E-state index contributed by atoms with van der Waals surface area (Å²) in [5.74, 6) is -1.40. The van der Waals surface area contributed by atoms with Gasteiger partial charge in [-0.25, -0.2) is 0 Å². The molecular formula is C12H16N4O4. The molecule has 8 heteroatoms. The summed E-state index contributed by atoms with van der Waals surface area (Å²) in [6.45, 7) is 2.81. The highest BCUT2D eigenvalue weighted by molar-refractivity contribution is 5.92. The summed E-state index contributed by atoms with van der Waals surface area (Å²) in [6.07, 6.45) is 0.